The fourth-order valence-electron chi connectivity index (χ4n) is 8.18. The van der Waals surface area contributed by atoms with Gasteiger partial charge in [-0.15, -0.1) is 0 Å². The predicted octanol–water partition coefficient (Wildman–Crippen LogP) is 14.2. The molecule has 0 aliphatic heterocycles. The van der Waals surface area contributed by atoms with Crippen molar-refractivity contribution >= 4 is 10.8 Å². The van der Waals surface area contributed by atoms with Crippen LogP contribution in [0.2, 0.25) is 0 Å². The van der Waals surface area contributed by atoms with Crippen molar-refractivity contribution in [1.29, 1.82) is 0 Å². The summed E-state index contributed by atoms with van der Waals surface area (Å²) in [6, 6.07) is 75.2. The van der Waals surface area contributed by atoms with E-state index < -0.39 is 0 Å². The number of hydrogen-bond donors (Lipinski definition) is 0. The molecule has 3 aromatic heterocycles. The van der Waals surface area contributed by atoms with Crippen molar-refractivity contribution in [3.05, 3.63) is 231 Å². The maximum Gasteiger partial charge on any atom is 0.164 e. The average Bonchev–Trinajstić information content (AvgIpc) is 3.39. The Bertz CT molecular complexity index is 3370. The predicted molar refractivity (Wildman–Crippen MR) is 260 cm³/mol. The Labute approximate surface area is 371 Å². The van der Waals surface area contributed by atoms with Crippen molar-refractivity contribution in [2.45, 2.75) is 0 Å². The molecule has 300 valence electrons. The molecule has 0 atom stereocenters. The molecule has 0 N–H and O–H groups in total. The first-order valence-corrected chi connectivity index (χ1v) is 21.3. The molecular formula is C58H38N6. The standard InChI is InChI=1S/C58H38N6/c1-4-15-41(16-5-1)53-38-54(42-17-6-2-7-18-42)61-56(60-53)48-24-12-22-45(35-48)46-28-29-51(52(37-46)40-30-32-59-33-31-40)47-23-13-25-49(36-47)57-62-55(43-19-8-3-9-20-43)63-58(64-57)50-27-26-39-14-10-11-21-44(39)34-50/h1-38H. The first-order chi connectivity index (χ1) is 31.7. The number of rotatable bonds is 9. The number of pyridine rings is 1. The van der Waals surface area contributed by atoms with Crippen LogP contribution in [0.3, 0.4) is 0 Å². The van der Waals surface area contributed by atoms with E-state index in [1.165, 1.54) is 5.39 Å². The normalized spacial score (nSPS) is 11.1. The van der Waals surface area contributed by atoms with Gasteiger partial charge >= 0.3 is 0 Å². The van der Waals surface area contributed by atoms with E-state index in [-0.39, 0.29) is 0 Å². The molecule has 0 radical (unpaired) electrons. The van der Waals surface area contributed by atoms with Crippen LogP contribution in [0.25, 0.3) is 112 Å². The Morgan fingerprint density at radius 2 is 0.672 bits per heavy atom. The summed E-state index contributed by atoms with van der Waals surface area (Å²) < 4.78 is 0. The first kappa shape index (κ1) is 38.2. The molecule has 0 saturated heterocycles. The molecule has 11 rings (SSSR count). The largest absolute Gasteiger partial charge is 0.265 e. The smallest absolute Gasteiger partial charge is 0.164 e. The SMILES string of the molecule is c1ccc(-c2cc(-c3ccccc3)nc(-c3cccc(-c4ccc(-c5cccc(-c6nc(-c7ccccc7)nc(-c7ccc8ccccc8c7)n6)c5)c(-c5ccncc5)c4)c3)n2)cc1. The highest BCUT2D eigenvalue weighted by molar-refractivity contribution is 5.89. The monoisotopic (exact) mass is 818 g/mol. The third-order valence-electron chi connectivity index (χ3n) is 11.4. The fourth-order valence-corrected chi connectivity index (χ4v) is 8.18. The van der Waals surface area contributed by atoms with Gasteiger partial charge in [0.15, 0.2) is 23.3 Å². The molecule has 0 amide bonds. The van der Waals surface area contributed by atoms with Crippen LogP contribution in [0, 0.1) is 0 Å². The maximum absolute atomic E-state index is 5.11. The van der Waals surface area contributed by atoms with Crippen LogP contribution in [-0.4, -0.2) is 29.9 Å². The zero-order valence-corrected chi connectivity index (χ0v) is 34.6. The number of benzene rings is 8. The molecule has 6 nitrogen and oxygen atoms in total. The summed E-state index contributed by atoms with van der Waals surface area (Å²) in [4.78, 5) is 29.8. The highest BCUT2D eigenvalue weighted by Crippen LogP contribution is 2.38. The molecule has 0 bridgehead atoms. The van der Waals surface area contributed by atoms with Crippen LogP contribution in [0.5, 0.6) is 0 Å². The van der Waals surface area contributed by atoms with Crippen molar-refractivity contribution in [1.82, 2.24) is 29.9 Å². The molecule has 11 aromatic rings. The lowest BCUT2D eigenvalue weighted by Crippen LogP contribution is -2.00. The molecule has 0 saturated carbocycles. The molecular weight excluding hydrogens is 781 g/mol. The van der Waals surface area contributed by atoms with E-state index in [9.17, 15) is 0 Å². The van der Waals surface area contributed by atoms with Crippen molar-refractivity contribution in [2.24, 2.45) is 0 Å². The third kappa shape index (κ3) is 7.83. The van der Waals surface area contributed by atoms with Crippen LogP contribution in [0.4, 0.5) is 0 Å². The van der Waals surface area contributed by atoms with Gasteiger partial charge in [-0.1, -0.05) is 176 Å². The topological polar surface area (TPSA) is 77.3 Å². The minimum atomic E-state index is 0.603. The van der Waals surface area contributed by atoms with Gasteiger partial charge in [0.1, 0.15) is 0 Å². The number of aromatic nitrogens is 6. The Balaban J connectivity index is 1.00. The van der Waals surface area contributed by atoms with E-state index in [0.717, 1.165) is 83.5 Å². The average molecular weight is 819 g/mol. The third-order valence-corrected chi connectivity index (χ3v) is 11.4. The Kier molecular flexibility index (Phi) is 10.1. The zero-order chi connectivity index (χ0) is 42.7. The summed E-state index contributed by atoms with van der Waals surface area (Å²) in [5.74, 6) is 2.52. The van der Waals surface area contributed by atoms with Crippen molar-refractivity contribution in [3.8, 4) is 101 Å². The van der Waals surface area contributed by atoms with Gasteiger partial charge < -0.3 is 0 Å². The first-order valence-electron chi connectivity index (χ1n) is 21.3. The molecule has 3 heterocycles. The van der Waals surface area contributed by atoms with E-state index in [1.807, 2.05) is 79.1 Å². The fraction of sp³-hybridized carbons (Fsp3) is 0. The number of fused-ring (bicyclic) bond motifs is 1. The van der Waals surface area contributed by atoms with Gasteiger partial charge in [0.05, 0.1) is 11.4 Å². The summed E-state index contributed by atoms with van der Waals surface area (Å²) in [6.45, 7) is 0. The maximum atomic E-state index is 5.11. The van der Waals surface area contributed by atoms with Gasteiger partial charge in [0.2, 0.25) is 0 Å². The second kappa shape index (κ2) is 17.0. The molecule has 6 heteroatoms. The number of nitrogens with zero attached hydrogens (tertiary/aromatic N) is 6. The summed E-state index contributed by atoms with van der Waals surface area (Å²) in [5.41, 5.74) is 13.9. The Morgan fingerprint density at radius 3 is 1.31 bits per heavy atom. The molecule has 0 spiro atoms. The highest BCUT2D eigenvalue weighted by Gasteiger charge is 2.17. The molecule has 8 aromatic carbocycles. The molecule has 64 heavy (non-hydrogen) atoms. The second-order valence-electron chi connectivity index (χ2n) is 15.6. The second-order valence-corrected chi connectivity index (χ2v) is 15.6. The van der Waals surface area contributed by atoms with Crippen molar-refractivity contribution < 1.29 is 0 Å². The minimum absolute atomic E-state index is 0.603. The van der Waals surface area contributed by atoms with Crippen LogP contribution >= 0.6 is 0 Å². The number of hydrogen-bond acceptors (Lipinski definition) is 6. The Hall–Kier alpha value is -8.74. The van der Waals surface area contributed by atoms with Gasteiger partial charge in [0, 0.05) is 45.8 Å². The molecule has 0 fully saturated rings. The lowest BCUT2D eigenvalue weighted by Gasteiger charge is -2.15. The summed E-state index contributed by atoms with van der Waals surface area (Å²) in [5, 5.41) is 2.30. The molecule has 0 aliphatic carbocycles. The van der Waals surface area contributed by atoms with Gasteiger partial charge in [-0.25, -0.2) is 24.9 Å². The van der Waals surface area contributed by atoms with Gasteiger partial charge in [-0.05, 0) is 86.6 Å². The van der Waals surface area contributed by atoms with Gasteiger partial charge in [-0.2, -0.15) is 0 Å². The quantitative estimate of drug-likeness (QED) is 0.144. The molecule has 0 unspecified atom stereocenters. The summed E-state index contributed by atoms with van der Waals surface area (Å²) >= 11 is 0. The van der Waals surface area contributed by atoms with Crippen molar-refractivity contribution in [2.75, 3.05) is 0 Å². The van der Waals surface area contributed by atoms with Gasteiger partial charge in [0.25, 0.3) is 0 Å². The lowest BCUT2D eigenvalue weighted by molar-refractivity contribution is 1.07. The van der Waals surface area contributed by atoms with E-state index in [2.05, 4.69) is 157 Å². The summed E-state index contributed by atoms with van der Waals surface area (Å²) in [6.07, 6.45) is 3.68. The van der Waals surface area contributed by atoms with Crippen LogP contribution < -0.4 is 0 Å². The van der Waals surface area contributed by atoms with Crippen LogP contribution in [0.15, 0.2) is 231 Å². The van der Waals surface area contributed by atoms with E-state index >= 15 is 0 Å². The highest BCUT2D eigenvalue weighted by atomic mass is 15.0. The van der Waals surface area contributed by atoms with Crippen LogP contribution in [0.1, 0.15) is 0 Å². The molecule has 0 aliphatic rings. The lowest BCUT2D eigenvalue weighted by atomic mass is 9.90. The van der Waals surface area contributed by atoms with E-state index in [0.29, 0.717) is 23.3 Å². The van der Waals surface area contributed by atoms with Gasteiger partial charge in [-0.3, -0.25) is 4.98 Å². The van der Waals surface area contributed by atoms with Crippen LogP contribution in [-0.2, 0) is 0 Å². The summed E-state index contributed by atoms with van der Waals surface area (Å²) in [7, 11) is 0. The van der Waals surface area contributed by atoms with E-state index in [4.69, 9.17) is 24.9 Å². The Morgan fingerprint density at radius 1 is 0.219 bits per heavy atom. The van der Waals surface area contributed by atoms with Crippen molar-refractivity contribution in [3.63, 3.8) is 0 Å². The van der Waals surface area contributed by atoms with E-state index in [1.54, 1.807) is 0 Å². The zero-order valence-electron chi connectivity index (χ0n) is 34.6. The minimum Gasteiger partial charge on any atom is -0.265 e.